The first-order valence-electron chi connectivity index (χ1n) is 9.19. The summed E-state index contributed by atoms with van der Waals surface area (Å²) in [5, 5.41) is 3.90. The van der Waals surface area contributed by atoms with Crippen LogP contribution in [0.5, 0.6) is 0 Å². The molecule has 0 aliphatic carbocycles. The van der Waals surface area contributed by atoms with Gasteiger partial charge in [-0.15, -0.1) is 0 Å². The van der Waals surface area contributed by atoms with Crippen molar-refractivity contribution in [2.24, 2.45) is 0 Å². The van der Waals surface area contributed by atoms with Gasteiger partial charge in [0.25, 0.3) is 0 Å². The Bertz CT molecular complexity index is 1020. The van der Waals surface area contributed by atoms with Crippen molar-refractivity contribution in [2.75, 3.05) is 16.8 Å². The number of nitrogens with one attached hydrogen (secondary N) is 1. The van der Waals surface area contributed by atoms with Crippen LogP contribution in [0.1, 0.15) is 29.5 Å². The van der Waals surface area contributed by atoms with Crippen LogP contribution in [0.2, 0.25) is 0 Å². The van der Waals surface area contributed by atoms with Crippen molar-refractivity contribution in [1.82, 2.24) is 0 Å². The van der Waals surface area contributed by atoms with Gasteiger partial charge >= 0.3 is 0 Å². The van der Waals surface area contributed by atoms with Gasteiger partial charge in [0, 0.05) is 35.3 Å². The second kappa shape index (κ2) is 6.91. The first kappa shape index (κ1) is 17.3. The van der Waals surface area contributed by atoms with Gasteiger partial charge in [-0.25, -0.2) is 0 Å². The van der Waals surface area contributed by atoms with Crippen LogP contribution >= 0.6 is 0 Å². The Kier molecular flexibility index (Phi) is 4.44. The van der Waals surface area contributed by atoms with E-state index in [0.29, 0.717) is 6.42 Å². The van der Waals surface area contributed by atoms with Crippen LogP contribution in [0.3, 0.4) is 0 Å². The molecule has 1 N–H and O–H groups in total. The van der Waals surface area contributed by atoms with Gasteiger partial charge in [0.2, 0.25) is 11.8 Å². The van der Waals surface area contributed by atoms with E-state index < -0.39 is 0 Å². The molecule has 0 bridgehead atoms. The molecule has 1 fully saturated rings. The normalized spacial score (nSPS) is 14.1. The highest BCUT2D eigenvalue weighted by Gasteiger charge is 2.21. The maximum absolute atomic E-state index is 12.5. The minimum Gasteiger partial charge on any atom is -0.464 e. The molecule has 2 heterocycles. The Morgan fingerprint density at radius 1 is 1.15 bits per heavy atom. The lowest BCUT2D eigenvalue weighted by molar-refractivity contribution is -0.117. The van der Waals surface area contributed by atoms with E-state index in [1.165, 1.54) is 5.56 Å². The highest BCUT2D eigenvalue weighted by atomic mass is 16.3. The molecule has 1 aliphatic heterocycles. The largest absolute Gasteiger partial charge is 0.464 e. The number of rotatable bonds is 4. The van der Waals surface area contributed by atoms with Crippen LogP contribution in [0, 0.1) is 13.8 Å². The molecule has 2 amide bonds. The monoisotopic (exact) mass is 362 g/mol. The summed E-state index contributed by atoms with van der Waals surface area (Å²) in [6, 6.07) is 11.5. The number of amides is 2. The van der Waals surface area contributed by atoms with E-state index in [1.807, 2.05) is 50.2 Å². The lowest BCUT2D eigenvalue weighted by Gasteiger charge is -2.16. The zero-order chi connectivity index (χ0) is 19.0. The van der Waals surface area contributed by atoms with Crippen LogP contribution < -0.4 is 10.2 Å². The number of nitrogens with zero attached hydrogens (tertiary/aromatic N) is 1. The standard InChI is InChI=1S/C22H22N2O3/c1-14-5-10-19-16(13-27-22(19)15(14)2)12-20(25)23-17-6-8-18(9-7-17)24-11-3-4-21(24)26/h5-10,13H,3-4,11-12H2,1-2H3,(H,23,25). The maximum Gasteiger partial charge on any atom is 0.228 e. The molecule has 0 radical (unpaired) electrons. The summed E-state index contributed by atoms with van der Waals surface area (Å²) in [7, 11) is 0. The Labute approximate surface area is 158 Å². The molecule has 1 aliphatic rings. The molecule has 0 saturated carbocycles. The van der Waals surface area contributed by atoms with Crippen molar-refractivity contribution >= 4 is 34.2 Å². The Morgan fingerprint density at radius 2 is 1.93 bits per heavy atom. The highest BCUT2D eigenvalue weighted by molar-refractivity contribution is 5.97. The molecule has 27 heavy (non-hydrogen) atoms. The van der Waals surface area contributed by atoms with E-state index in [9.17, 15) is 9.59 Å². The molecule has 5 heteroatoms. The van der Waals surface area contributed by atoms with Crippen molar-refractivity contribution in [1.29, 1.82) is 0 Å². The summed E-state index contributed by atoms with van der Waals surface area (Å²) in [6.45, 7) is 4.83. The first-order valence-corrected chi connectivity index (χ1v) is 9.19. The lowest BCUT2D eigenvalue weighted by Crippen LogP contribution is -2.23. The second-order valence-electron chi connectivity index (χ2n) is 7.07. The van der Waals surface area contributed by atoms with Gasteiger partial charge in [0.1, 0.15) is 5.58 Å². The number of carbonyl (C=O) groups excluding carboxylic acids is 2. The topological polar surface area (TPSA) is 62.6 Å². The molecule has 1 saturated heterocycles. The average Bonchev–Trinajstić information content (AvgIpc) is 3.26. The summed E-state index contributed by atoms with van der Waals surface area (Å²) >= 11 is 0. The van der Waals surface area contributed by atoms with Crippen LogP contribution in [0.4, 0.5) is 11.4 Å². The predicted octanol–water partition coefficient (Wildman–Crippen LogP) is 4.36. The third kappa shape index (κ3) is 3.33. The summed E-state index contributed by atoms with van der Waals surface area (Å²) in [6.07, 6.45) is 3.42. The Morgan fingerprint density at radius 3 is 2.63 bits per heavy atom. The number of anilines is 2. The molecule has 0 atom stereocenters. The van der Waals surface area contributed by atoms with Crippen LogP contribution in [-0.2, 0) is 16.0 Å². The van der Waals surface area contributed by atoms with Gasteiger partial charge in [-0.05, 0) is 55.7 Å². The number of hydrogen-bond acceptors (Lipinski definition) is 3. The van der Waals surface area contributed by atoms with E-state index in [-0.39, 0.29) is 18.2 Å². The van der Waals surface area contributed by atoms with Crippen molar-refractivity contribution in [2.45, 2.75) is 33.1 Å². The summed E-state index contributed by atoms with van der Waals surface area (Å²) < 4.78 is 5.68. The molecule has 1 aromatic heterocycles. The molecule has 3 aromatic rings. The minimum absolute atomic E-state index is 0.0964. The van der Waals surface area contributed by atoms with Crippen LogP contribution in [0.15, 0.2) is 47.1 Å². The zero-order valence-electron chi connectivity index (χ0n) is 15.5. The van der Waals surface area contributed by atoms with Gasteiger partial charge < -0.3 is 14.6 Å². The summed E-state index contributed by atoms with van der Waals surface area (Å²) in [4.78, 5) is 26.1. The van der Waals surface area contributed by atoms with Crippen LogP contribution in [-0.4, -0.2) is 18.4 Å². The molecular formula is C22H22N2O3. The fraction of sp³-hybridized carbons (Fsp3) is 0.273. The molecule has 138 valence electrons. The van der Waals surface area contributed by atoms with Crippen LogP contribution in [0.25, 0.3) is 11.0 Å². The predicted molar refractivity (Wildman–Crippen MR) is 106 cm³/mol. The van der Waals surface area contributed by atoms with Crippen molar-refractivity contribution < 1.29 is 14.0 Å². The Hall–Kier alpha value is -3.08. The number of carbonyl (C=O) groups is 2. The van der Waals surface area contributed by atoms with E-state index >= 15 is 0 Å². The fourth-order valence-corrected chi connectivity index (χ4v) is 3.55. The van der Waals surface area contributed by atoms with Gasteiger partial charge in [-0.3, -0.25) is 9.59 Å². The smallest absolute Gasteiger partial charge is 0.228 e. The first-order chi connectivity index (χ1) is 13.0. The van der Waals surface area contributed by atoms with E-state index in [1.54, 1.807) is 11.2 Å². The van der Waals surface area contributed by atoms with E-state index in [4.69, 9.17) is 4.42 Å². The number of hydrogen-bond donors (Lipinski definition) is 1. The molecule has 2 aromatic carbocycles. The number of aryl methyl sites for hydroxylation is 2. The molecule has 0 unspecified atom stereocenters. The second-order valence-corrected chi connectivity index (χ2v) is 7.07. The zero-order valence-corrected chi connectivity index (χ0v) is 15.5. The third-order valence-electron chi connectivity index (χ3n) is 5.23. The van der Waals surface area contributed by atoms with E-state index in [0.717, 1.165) is 46.4 Å². The fourth-order valence-electron chi connectivity index (χ4n) is 3.55. The average molecular weight is 362 g/mol. The van der Waals surface area contributed by atoms with E-state index in [2.05, 4.69) is 5.32 Å². The van der Waals surface area contributed by atoms with Gasteiger partial charge in [-0.1, -0.05) is 12.1 Å². The molecule has 0 spiro atoms. The van der Waals surface area contributed by atoms with Crippen molar-refractivity contribution in [3.63, 3.8) is 0 Å². The molecule has 5 nitrogen and oxygen atoms in total. The van der Waals surface area contributed by atoms with Crippen molar-refractivity contribution in [3.8, 4) is 0 Å². The maximum atomic E-state index is 12.5. The minimum atomic E-state index is -0.0964. The summed E-state index contributed by atoms with van der Waals surface area (Å²) in [5.74, 6) is 0.0603. The van der Waals surface area contributed by atoms with Gasteiger partial charge in [0.15, 0.2) is 0 Å². The van der Waals surface area contributed by atoms with Crippen molar-refractivity contribution in [3.05, 3.63) is 59.4 Å². The quantitative estimate of drug-likeness (QED) is 0.750. The number of benzene rings is 2. The molecule has 4 rings (SSSR count). The Balaban J connectivity index is 1.45. The molecular weight excluding hydrogens is 340 g/mol. The third-order valence-corrected chi connectivity index (χ3v) is 5.23. The van der Waals surface area contributed by atoms with Gasteiger partial charge in [0.05, 0.1) is 12.7 Å². The SMILES string of the molecule is Cc1ccc2c(CC(=O)Nc3ccc(N4CCCC4=O)cc3)coc2c1C. The van der Waals surface area contributed by atoms with Gasteiger partial charge in [-0.2, -0.15) is 0 Å². The number of furan rings is 1. The number of fused-ring (bicyclic) bond motifs is 1. The lowest BCUT2D eigenvalue weighted by atomic mass is 10.0. The highest BCUT2D eigenvalue weighted by Crippen LogP contribution is 2.27. The summed E-state index contributed by atoms with van der Waals surface area (Å²) in [5.41, 5.74) is 5.59.